The highest BCUT2D eigenvalue weighted by molar-refractivity contribution is 7.88. The number of piperidine rings is 1. The Morgan fingerprint density at radius 3 is 2.65 bits per heavy atom. The fraction of sp³-hybridized carbons (Fsp3) is 0.643. The van der Waals surface area contributed by atoms with Crippen LogP contribution in [0.3, 0.4) is 0 Å². The van der Waals surface area contributed by atoms with Crippen molar-refractivity contribution in [2.75, 3.05) is 25.9 Å². The maximum absolute atomic E-state index is 11.9. The van der Waals surface area contributed by atoms with Gasteiger partial charge in [-0.3, -0.25) is 9.88 Å². The zero-order chi connectivity index (χ0) is 14.2. The van der Waals surface area contributed by atoms with E-state index >= 15 is 0 Å². The first-order valence-electron chi connectivity index (χ1n) is 7.10. The van der Waals surface area contributed by atoms with Gasteiger partial charge in [0.05, 0.1) is 6.26 Å². The van der Waals surface area contributed by atoms with E-state index < -0.39 is 10.0 Å². The summed E-state index contributed by atoms with van der Waals surface area (Å²) in [4.78, 5) is 6.43. The van der Waals surface area contributed by atoms with E-state index in [1.54, 1.807) is 4.31 Å². The normalized spacial score (nSPS) is 28.4. The van der Waals surface area contributed by atoms with E-state index in [4.69, 9.17) is 0 Å². The Morgan fingerprint density at radius 1 is 1.20 bits per heavy atom. The third-order valence-electron chi connectivity index (χ3n) is 4.32. The van der Waals surface area contributed by atoms with Crippen LogP contribution in [-0.2, 0) is 16.6 Å². The van der Waals surface area contributed by atoms with Crippen molar-refractivity contribution in [2.24, 2.45) is 5.92 Å². The molecule has 3 fully saturated rings. The van der Waals surface area contributed by atoms with Crippen LogP contribution >= 0.6 is 0 Å². The molecule has 6 heteroatoms. The van der Waals surface area contributed by atoms with Crippen molar-refractivity contribution < 1.29 is 8.42 Å². The Labute approximate surface area is 120 Å². The molecule has 0 unspecified atom stereocenters. The second-order valence-electron chi connectivity index (χ2n) is 5.98. The van der Waals surface area contributed by atoms with Crippen molar-refractivity contribution >= 4 is 10.0 Å². The van der Waals surface area contributed by atoms with Gasteiger partial charge >= 0.3 is 0 Å². The number of aromatic nitrogens is 1. The topological polar surface area (TPSA) is 53.5 Å². The molecule has 4 rings (SSSR count). The molecule has 1 aromatic heterocycles. The molecule has 0 spiro atoms. The summed E-state index contributed by atoms with van der Waals surface area (Å²) in [7, 11) is -3.08. The standard InChI is InChI=1S/C14H21N3O2S/c1-20(18,19)17-10-13-2-3-14(17)11-16(9-13)8-12-4-6-15-7-5-12/h4-7,13-14H,2-3,8-11H2,1H3/t13-,14+/m1/s1. The molecular weight excluding hydrogens is 274 g/mol. The highest BCUT2D eigenvalue weighted by atomic mass is 32.2. The third kappa shape index (κ3) is 3.02. The van der Waals surface area contributed by atoms with Gasteiger partial charge in [-0.1, -0.05) is 0 Å². The van der Waals surface area contributed by atoms with Gasteiger partial charge in [0.1, 0.15) is 0 Å². The molecule has 3 aliphatic heterocycles. The summed E-state index contributed by atoms with van der Waals surface area (Å²) in [5.74, 6) is 0.463. The first kappa shape index (κ1) is 14.0. The van der Waals surface area contributed by atoms with Gasteiger partial charge < -0.3 is 0 Å². The van der Waals surface area contributed by atoms with Crippen LogP contribution in [0.4, 0.5) is 0 Å². The highest BCUT2D eigenvalue weighted by Crippen LogP contribution is 2.30. The molecule has 2 bridgehead atoms. The summed E-state index contributed by atoms with van der Waals surface area (Å²) in [6.07, 6.45) is 7.09. The number of pyridine rings is 1. The lowest BCUT2D eigenvalue weighted by Crippen LogP contribution is -2.46. The smallest absolute Gasteiger partial charge is 0.211 e. The van der Waals surface area contributed by atoms with E-state index in [9.17, 15) is 8.42 Å². The molecule has 0 saturated carbocycles. The fourth-order valence-electron chi connectivity index (χ4n) is 3.42. The molecular formula is C14H21N3O2S. The largest absolute Gasteiger partial charge is 0.297 e. The van der Waals surface area contributed by atoms with Gasteiger partial charge in [-0.2, -0.15) is 4.31 Å². The summed E-state index contributed by atoms with van der Waals surface area (Å²) < 4.78 is 25.5. The van der Waals surface area contributed by atoms with E-state index in [2.05, 4.69) is 9.88 Å². The second-order valence-corrected chi connectivity index (χ2v) is 7.91. The Balaban J connectivity index is 1.75. The van der Waals surface area contributed by atoms with Crippen molar-refractivity contribution in [1.82, 2.24) is 14.2 Å². The average molecular weight is 295 g/mol. The lowest BCUT2D eigenvalue weighted by molar-refractivity contribution is 0.227. The van der Waals surface area contributed by atoms with Crippen molar-refractivity contribution in [3.8, 4) is 0 Å². The quantitative estimate of drug-likeness (QED) is 0.833. The summed E-state index contributed by atoms with van der Waals surface area (Å²) >= 11 is 0. The maximum atomic E-state index is 11.9. The minimum atomic E-state index is -3.08. The minimum absolute atomic E-state index is 0.144. The van der Waals surface area contributed by atoms with Crippen LogP contribution in [0.1, 0.15) is 18.4 Å². The average Bonchev–Trinajstić information content (AvgIpc) is 2.69. The van der Waals surface area contributed by atoms with E-state index in [0.717, 1.165) is 32.5 Å². The Bertz CT molecular complexity index is 561. The molecule has 0 amide bonds. The summed E-state index contributed by atoms with van der Waals surface area (Å²) in [5, 5.41) is 0. The molecule has 2 atom stereocenters. The number of sulfonamides is 1. The predicted molar refractivity (Wildman–Crippen MR) is 77.6 cm³/mol. The third-order valence-corrected chi connectivity index (χ3v) is 5.62. The van der Waals surface area contributed by atoms with Gasteiger partial charge in [0.25, 0.3) is 0 Å². The predicted octanol–water partition coefficient (Wildman–Crippen LogP) is 0.937. The number of rotatable bonds is 3. The van der Waals surface area contributed by atoms with Gasteiger partial charge in [0.2, 0.25) is 10.0 Å². The van der Waals surface area contributed by atoms with E-state index in [1.165, 1.54) is 11.8 Å². The van der Waals surface area contributed by atoms with E-state index in [-0.39, 0.29) is 6.04 Å². The zero-order valence-corrected chi connectivity index (χ0v) is 12.6. The fourth-order valence-corrected chi connectivity index (χ4v) is 4.61. The van der Waals surface area contributed by atoms with Crippen molar-refractivity contribution in [3.63, 3.8) is 0 Å². The van der Waals surface area contributed by atoms with Crippen LogP contribution in [0.25, 0.3) is 0 Å². The SMILES string of the molecule is CS(=O)(=O)N1C[C@@H]2CC[C@H]1CN(Cc1ccncc1)C2. The lowest BCUT2D eigenvalue weighted by Gasteiger charge is -2.34. The molecule has 0 aromatic carbocycles. The van der Waals surface area contributed by atoms with Gasteiger partial charge in [0, 0.05) is 44.6 Å². The summed E-state index contributed by atoms with van der Waals surface area (Å²) in [5.41, 5.74) is 1.24. The van der Waals surface area contributed by atoms with Crippen molar-refractivity contribution in [2.45, 2.75) is 25.4 Å². The Hall–Kier alpha value is -0.980. The first-order chi connectivity index (χ1) is 9.52. The molecule has 1 aromatic rings. The zero-order valence-electron chi connectivity index (χ0n) is 11.8. The highest BCUT2D eigenvalue weighted by Gasteiger charge is 2.38. The molecule has 0 aliphatic carbocycles. The maximum Gasteiger partial charge on any atom is 0.211 e. The van der Waals surface area contributed by atoms with Gasteiger partial charge in [0.15, 0.2) is 0 Å². The summed E-state index contributed by atoms with van der Waals surface area (Å²) in [6.45, 7) is 3.40. The number of nitrogens with zero attached hydrogens (tertiary/aromatic N) is 3. The number of hydrogen-bond acceptors (Lipinski definition) is 4. The first-order valence-corrected chi connectivity index (χ1v) is 8.95. The molecule has 20 heavy (non-hydrogen) atoms. The molecule has 4 heterocycles. The van der Waals surface area contributed by atoms with Crippen LogP contribution < -0.4 is 0 Å². The Kier molecular flexibility index (Phi) is 3.79. The van der Waals surface area contributed by atoms with Crippen LogP contribution in [-0.4, -0.2) is 54.5 Å². The number of fused-ring (bicyclic) bond motifs is 4. The second kappa shape index (κ2) is 5.42. The Morgan fingerprint density at radius 2 is 1.95 bits per heavy atom. The molecule has 3 saturated heterocycles. The molecule has 110 valence electrons. The van der Waals surface area contributed by atoms with Crippen LogP contribution in [0, 0.1) is 5.92 Å². The van der Waals surface area contributed by atoms with E-state index in [1.807, 2.05) is 24.5 Å². The molecule has 0 N–H and O–H groups in total. The molecule has 3 aliphatic rings. The minimum Gasteiger partial charge on any atom is -0.297 e. The van der Waals surface area contributed by atoms with Crippen molar-refractivity contribution in [1.29, 1.82) is 0 Å². The van der Waals surface area contributed by atoms with E-state index in [0.29, 0.717) is 12.5 Å². The van der Waals surface area contributed by atoms with Crippen LogP contribution in [0.15, 0.2) is 24.5 Å². The monoisotopic (exact) mass is 295 g/mol. The molecule has 5 nitrogen and oxygen atoms in total. The van der Waals surface area contributed by atoms with Gasteiger partial charge in [-0.25, -0.2) is 8.42 Å². The van der Waals surface area contributed by atoms with Crippen molar-refractivity contribution in [3.05, 3.63) is 30.1 Å². The van der Waals surface area contributed by atoms with Gasteiger partial charge in [-0.05, 0) is 36.5 Å². The lowest BCUT2D eigenvalue weighted by atomic mass is 9.97. The molecule has 0 radical (unpaired) electrons. The van der Waals surface area contributed by atoms with Crippen LogP contribution in [0.5, 0.6) is 0 Å². The summed E-state index contributed by atoms with van der Waals surface area (Å²) in [6, 6.07) is 4.20. The van der Waals surface area contributed by atoms with Crippen LogP contribution in [0.2, 0.25) is 0 Å². The van der Waals surface area contributed by atoms with Gasteiger partial charge in [-0.15, -0.1) is 0 Å². The number of hydrogen-bond donors (Lipinski definition) is 0.